The van der Waals surface area contributed by atoms with Crippen LogP contribution in [0, 0.1) is 13.8 Å². The topological polar surface area (TPSA) is 107 Å². The smallest absolute Gasteiger partial charge is 0.252 e. The predicted molar refractivity (Wildman–Crippen MR) is 139 cm³/mol. The first-order chi connectivity index (χ1) is 18.0. The predicted octanol–water partition coefficient (Wildman–Crippen LogP) is 3.66. The van der Waals surface area contributed by atoms with Crippen LogP contribution in [-0.2, 0) is 24.4 Å². The Hall–Kier alpha value is -3.76. The van der Waals surface area contributed by atoms with Crippen LogP contribution < -0.4 is 15.0 Å². The number of nitrogens with one attached hydrogen (secondary N) is 1. The van der Waals surface area contributed by atoms with Crippen molar-refractivity contribution in [1.82, 2.24) is 30.1 Å². The molecule has 0 fully saturated rings. The SMILES string of the molecule is CC[C@@H](c1nnnn1CCOC)N(Cc1ccc2c(c1)OCO2)Cc1cc2cc(C)c(C)cc2[nH]c1=O. The first kappa shape index (κ1) is 24.9. The van der Waals surface area contributed by atoms with Crippen LogP contribution in [0.25, 0.3) is 10.9 Å². The molecule has 0 aliphatic carbocycles. The number of H-pyrrole nitrogens is 1. The number of aromatic amines is 1. The van der Waals surface area contributed by atoms with Crippen LogP contribution >= 0.6 is 0 Å². The number of nitrogens with zero attached hydrogens (tertiary/aromatic N) is 5. The number of rotatable bonds is 10. The molecule has 3 heterocycles. The van der Waals surface area contributed by atoms with Gasteiger partial charge in [-0.25, -0.2) is 4.68 Å². The number of aromatic nitrogens is 5. The molecule has 37 heavy (non-hydrogen) atoms. The summed E-state index contributed by atoms with van der Waals surface area (Å²) in [5.74, 6) is 2.20. The quantitative estimate of drug-likeness (QED) is 0.349. The van der Waals surface area contributed by atoms with E-state index in [9.17, 15) is 4.79 Å². The fraction of sp³-hybridized carbons (Fsp3) is 0.407. The van der Waals surface area contributed by atoms with E-state index in [0.29, 0.717) is 31.8 Å². The first-order valence-electron chi connectivity index (χ1n) is 12.5. The molecule has 10 nitrogen and oxygen atoms in total. The average molecular weight is 505 g/mol. The standard InChI is InChI=1S/C27H32N6O4/c1-5-23(26-29-30-31-33(26)8-9-35-4)32(14-19-6-7-24-25(12-19)37-16-36-24)15-21-13-20-10-17(2)18(3)11-22(20)28-27(21)34/h6-7,10-13,23H,5,8-9,14-16H2,1-4H3,(H,28,34)/t23-/m0/s1. The van der Waals surface area contributed by atoms with E-state index in [1.807, 2.05) is 37.3 Å². The van der Waals surface area contributed by atoms with Gasteiger partial charge in [0.25, 0.3) is 5.56 Å². The third-order valence-electron chi connectivity index (χ3n) is 6.92. The number of hydrogen-bond donors (Lipinski definition) is 1. The lowest BCUT2D eigenvalue weighted by Crippen LogP contribution is -2.32. The Balaban J connectivity index is 1.53. The highest BCUT2D eigenvalue weighted by atomic mass is 16.7. The third kappa shape index (κ3) is 5.21. The lowest BCUT2D eigenvalue weighted by molar-refractivity contribution is 0.150. The van der Waals surface area contributed by atoms with Crippen LogP contribution in [-0.4, -0.2) is 50.6 Å². The molecule has 1 atom stereocenters. The number of fused-ring (bicyclic) bond motifs is 2. The van der Waals surface area contributed by atoms with Crippen molar-refractivity contribution in [2.24, 2.45) is 0 Å². The van der Waals surface area contributed by atoms with Crippen molar-refractivity contribution < 1.29 is 14.2 Å². The molecular formula is C27H32N6O4. The first-order valence-corrected chi connectivity index (χ1v) is 12.5. The van der Waals surface area contributed by atoms with Gasteiger partial charge in [0.2, 0.25) is 6.79 Å². The van der Waals surface area contributed by atoms with Crippen molar-refractivity contribution in [1.29, 1.82) is 0 Å². The van der Waals surface area contributed by atoms with E-state index in [2.05, 4.69) is 45.3 Å². The van der Waals surface area contributed by atoms with E-state index >= 15 is 0 Å². The number of tetrazole rings is 1. The normalized spacial score (nSPS) is 13.5. The molecule has 0 saturated carbocycles. The second-order valence-corrected chi connectivity index (χ2v) is 9.42. The summed E-state index contributed by atoms with van der Waals surface area (Å²) < 4.78 is 18.1. The lowest BCUT2D eigenvalue weighted by Gasteiger charge is -2.30. The molecule has 0 amide bonds. The fourth-order valence-corrected chi connectivity index (χ4v) is 4.80. The maximum Gasteiger partial charge on any atom is 0.252 e. The molecule has 2 aromatic carbocycles. The molecule has 1 N–H and O–H groups in total. The van der Waals surface area contributed by atoms with Crippen LogP contribution in [0.1, 0.15) is 47.5 Å². The molecule has 0 unspecified atom stereocenters. The largest absolute Gasteiger partial charge is 0.454 e. The molecule has 1 aliphatic heterocycles. The average Bonchev–Trinajstić information content (AvgIpc) is 3.54. The van der Waals surface area contributed by atoms with E-state index < -0.39 is 0 Å². The van der Waals surface area contributed by atoms with Crippen molar-refractivity contribution >= 4 is 10.9 Å². The minimum atomic E-state index is -0.132. The Bertz CT molecular complexity index is 1460. The second-order valence-electron chi connectivity index (χ2n) is 9.42. The van der Waals surface area contributed by atoms with Crippen LogP contribution in [0.3, 0.4) is 0 Å². The summed E-state index contributed by atoms with van der Waals surface area (Å²) in [4.78, 5) is 18.5. The summed E-state index contributed by atoms with van der Waals surface area (Å²) >= 11 is 0. The Kier molecular flexibility index (Phi) is 7.20. The molecule has 0 radical (unpaired) electrons. The van der Waals surface area contributed by atoms with Gasteiger partial charge in [0.05, 0.1) is 19.2 Å². The molecule has 1 aliphatic rings. The minimum absolute atomic E-state index is 0.0970. The number of ether oxygens (including phenoxy) is 3. The van der Waals surface area contributed by atoms with Gasteiger partial charge in [-0.15, -0.1) is 5.10 Å². The molecular weight excluding hydrogens is 472 g/mol. The van der Waals surface area contributed by atoms with Gasteiger partial charge in [-0.05, 0) is 83.1 Å². The van der Waals surface area contributed by atoms with Crippen LogP contribution in [0.5, 0.6) is 11.5 Å². The molecule has 0 spiro atoms. The van der Waals surface area contributed by atoms with Crippen molar-refractivity contribution in [2.45, 2.75) is 52.9 Å². The zero-order chi connectivity index (χ0) is 25.9. The molecule has 5 rings (SSSR count). The molecule has 2 aromatic heterocycles. The van der Waals surface area contributed by atoms with Gasteiger partial charge in [-0.2, -0.15) is 0 Å². The van der Waals surface area contributed by atoms with Crippen molar-refractivity contribution in [2.75, 3.05) is 20.5 Å². The second kappa shape index (κ2) is 10.7. The minimum Gasteiger partial charge on any atom is -0.454 e. The Labute approximate surface area is 215 Å². The van der Waals surface area contributed by atoms with E-state index in [1.54, 1.807) is 11.8 Å². The molecule has 10 heteroatoms. The number of methoxy groups -OCH3 is 1. The summed E-state index contributed by atoms with van der Waals surface area (Å²) in [5.41, 5.74) is 4.81. The summed E-state index contributed by atoms with van der Waals surface area (Å²) in [7, 11) is 1.66. The Morgan fingerprint density at radius 3 is 2.73 bits per heavy atom. The zero-order valence-electron chi connectivity index (χ0n) is 21.7. The molecule has 0 bridgehead atoms. The highest BCUT2D eigenvalue weighted by molar-refractivity contribution is 5.80. The van der Waals surface area contributed by atoms with Gasteiger partial charge in [0, 0.05) is 31.3 Å². The van der Waals surface area contributed by atoms with Gasteiger partial charge < -0.3 is 19.2 Å². The van der Waals surface area contributed by atoms with Gasteiger partial charge >= 0.3 is 0 Å². The maximum atomic E-state index is 13.2. The van der Waals surface area contributed by atoms with Crippen LogP contribution in [0.2, 0.25) is 0 Å². The van der Waals surface area contributed by atoms with Crippen LogP contribution in [0.15, 0.2) is 41.2 Å². The summed E-state index contributed by atoms with van der Waals surface area (Å²) in [6.45, 7) is 8.48. The van der Waals surface area contributed by atoms with Crippen molar-refractivity contribution in [3.05, 3.63) is 74.8 Å². The number of aryl methyl sites for hydroxylation is 2. The van der Waals surface area contributed by atoms with E-state index in [-0.39, 0.29) is 18.4 Å². The number of benzene rings is 2. The molecule has 0 saturated heterocycles. The van der Waals surface area contributed by atoms with Gasteiger partial charge in [-0.3, -0.25) is 9.69 Å². The monoisotopic (exact) mass is 504 g/mol. The van der Waals surface area contributed by atoms with E-state index in [4.69, 9.17) is 14.2 Å². The third-order valence-corrected chi connectivity index (χ3v) is 6.92. The van der Waals surface area contributed by atoms with E-state index in [1.165, 1.54) is 5.56 Å². The fourth-order valence-electron chi connectivity index (χ4n) is 4.80. The molecule has 194 valence electrons. The van der Waals surface area contributed by atoms with Gasteiger partial charge in [0.15, 0.2) is 17.3 Å². The Morgan fingerprint density at radius 2 is 1.92 bits per heavy atom. The van der Waals surface area contributed by atoms with Crippen LogP contribution in [0.4, 0.5) is 0 Å². The zero-order valence-corrected chi connectivity index (χ0v) is 21.7. The number of pyridine rings is 1. The number of hydrogen-bond acceptors (Lipinski definition) is 8. The van der Waals surface area contributed by atoms with Crippen molar-refractivity contribution in [3.8, 4) is 11.5 Å². The summed E-state index contributed by atoms with van der Waals surface area (Å²) in [6.07, 6.45) is 0.752. The van der Waals surface area contributed by atoms with Crippen molar-refractivity contribution in [3.63, 3.8) is 0 Å². The van der Waals surface area contributed by atoms with E-state index in [0.717, 1.165) is 45.8 Å². The van der Waals surface area contributed by atoms with Gasteiger partial charge in [-0.1, -0.05) is 13.0 Å². The summed E-state index contributed by atoms with van der Waals surface area (Å²) in [5, 5.41) is 13.5. The summed E-state index contributed by atoms with van der Waals surface area (Å²) in [6, 6.07) is 12.0. The highest BCUT2D eigenvalue weighted by Crippen LogP contribution is 2.34. The van der Waals surface area contributed by atoms with Gasteiger partial charge in [0.1, 0.15) is 0 Å². The lowest BCUT2D eigenvalue weighted by atomic mass is 10.0. The Morgan fingerprint density at radius 1 is 1.11 bits per heavy atom. The maximum absolute atomic E-state index is 13.2. The molecule has 4 aromatic rings. The highest BCUT2D eigenvalue weighted by Gasteiger charge is 2.27.